The van der Waals surface area contributed by atoms with Gasteiger partial charge in [0.25, 0.3) is 0 Å². The first-order chi connectivity index (χ1) is 12.8. The maximum atomic E-state index is 12.4. The van der Waals surface area contributed by atoms with E-state index in [9.17, 15) is 4.79 Å². The molecule has 1 aromatic carbocycles. The molecule has 138 valence electrons. The van der Waals surface area contributed by atoms with Crippen molar-refractivity contribution >= 4 is 22.5 Å². The third kappa shape index (κ3) is 4.07. The first kappa shape index (κ1) is 17.5. The molecule has 5 nitrogen and oxygen atoms in total. The van der Waals surface area contributed by atoms with E-state index in [0.29, 0.717) is 6.54 Å². The Morgan fingerprint density at radius 1 is 1.12 bits per heavy atom. The van der Waals surface area contributed by atoms with Gasteiger partial charge in [0.2, 0.25) is 0 Å². The largest absolute Gasteiger partial charge is 0.336 e. The molecule has 0 spiro atoms. The number of benzene rings is 1. The highest BCUT2D eigenvalue weighted by Crippen LogP contribution is 2.29. The fraction of sp³-hybridized carbons (Fsp3) is 0.500. The number of thiazole rings is 1. The number of likely N-dealkylation sites (tertiary alicyclic amines) is 1. The molecule has 2 aromatic rings. The third-order valence-corrected chi connectivity index (χ3v) is 6.36. The van der Waals surface area contributed by atoms with Crippen molar-refractivity contribution in [1.82, 2.24) is 15.2 Å². The number of hydrogen-bond acceptors (Lipinski definition) is 4. The number of nitrogens with zero attached hydrogens (tertiary/aromatic N) is 2. The van der Waals surface area contributed by atoms with Crippen LogP contribution in [0.25, 0.3) is 0 Å². The first-order valence-corrected chi connectivity index (χ1v) is 10.4. The van der Waals surface area contributed by atoms with E-state index in [0.717, 1.165) is 31.1 Å². The Labute approximate surface area is 158 Å². The van der Waals surface area contributed by atoms with Gasteiger partial charge in [0, 0.05) is 11.4 Å². The van der Waals surface area contributed by atoms with Crippen molar-refractivity contribution in [3.8, 4) is 0 Å². The molecule has 0 saturated carbocycles. The number of carbonyl (C=O) groups is 1. The van der Waals surface area contributed by atoms with E-state index in [-0.39, 0.29) is 12.1 Å². The zero-order valence-corrected chi connectivity index (χ0v) is 15.9. The summed E-state index contributed by atoms with van der Waals surface area (Å²) >= 11 is 1.63. The molecule has 26 heavy (non-hydrogen) atoms. The van der Waals surface area contributed by atoms with Gasteiger partial charge in [-0.25, -0.2) is 9.78 Å². The van der Waals surface area contributed by atoms with Crippen LogP contribution in [-0.2, 0) is 12.8 Å². The second kappa shape index (κ2) is 8.18. The van der Waals surface area contributed by atoms with Crippen molar-refractivity contribution in [3.05, 3.63) is 46.5 Å². The molecule has 0 bridgehead atoms. The van der Waals surface area contributed by atoms with E-state index in [1.807, 2.05) is 6.07 Å². The number of nitrogens with one attached hydrogen (secondary N) is 2. The summed E-state index contributed by atoms with van der Waals surface area (Å²) in [5, 5.41) is 6.73. The fourth-order valence-corrected chi connectivity index (χ4v) is 4.97. The Morgan fingerprint density at radius 2 is 1.88 bits per heavy atom. The predicted octanol–water partition coefficient (Wildman–Crippen LogP) is 3.98. The Morgan fingerprint density at radius 3 is 2.65 bits per heavy atom. The van der Waals surface area contributed by atoms with Gasteiger partial charge in [0.15, 0.2) is 5.13 Å². The molecule has 1 aliphatic heterocycles. The molecule has 0 radical (unpaired) electrons. The number of aryl methyl sites for hydroxylation is 2. The molecular weight excluding hydrogens is 344 g/mol. The Kier molecular flexibility index (Phi) is 5.51. The number of anilines is 1. The molecule has 2 amide bonds. The molecule has 1 saturated heterocycles. The van der Waals surface area contributed by atoms with Gasteiger partial charge in [-0.15, -0.1) is 11.3 Å². The Hall–Kier alpha value is -1.92. The highest BCUT2D eigenvalue weighted by atomic mass is 32.1. The van der Waals surface area contributed by atoms with Gasteiger partial charge in [-0.2, -0.15) is 0 Å². The monoisotopic (exact) mass is 370 g/mol. The SMILES string of the molecule is O=C(NCC(c1ccccc1)N1CCCC1)Nc1nc2c(s1)CCCC2. The van der Waals surface area contributed by atoms with Crippen LogP contribution in [0.4, 0.5) is 9.93 Å². The minimum absolute atomic E-state index is 0.156. The summed E-state index contributed by atoms with van der Waals surface area (Å²) in [4.78, 5) is 20.8. The summed E-state index contributed by atoms with van der Waals surface area (Å²) in [6, 6.07) is 10.5. The van der Waals surface area contributed by atoms with Gasteiger partial charge < -0.3 is 5.32 Å². The molecule has 2 N–H and O–H groups in total. The zero-order chi connectivity index (χ0) is 17.8. The van der Waals surface area contributed by atoms with Crippen LogP contribution in [0, 0.1) is 0 Å². The van der Waals surface area contributed by atoms with Gasteiger partial charge in [0.05, 0.1) is 11.7 Å². The first-order valence-electron chi connectivity index (χ1n) is 9.62. The maximum Gasteiger partial charge on any atom is 0.321 e. The lowest BCUT2D eigenvalue weighted by Gasteiger charge is -2.28. The second-order valence-electron chi connectivity index (χ2n) is 7.10. The number of aromatic nitrogens is 1. The van der Waals surface area contributed by atoms with Crippen molar-refractivity contribution in [2.45, 2.75) is 44.6 Å². The number of amides is 2. The smallest absolute Gasteiger partial charge is 0.321 e. The van der Waals surface area contributed by atoms with Gasteiger partial charge in [0.1, 0.15) is 0 Å². The molecule has 2 heterocycles. The lowest BCUT2D eigenvalue weighted by atomic mass is 10.0. The standard InChI is InChI=1S/C20H26N4OS/c25-19(23-20-22-16-10-4-5-11-18(16)26-20)21-14-17(24-12-6-7-13-24)15-8-2-1-3-9-15/h1-3,8-9,17H,4-7,10-14H2,(H2,21,22,23,25). The van der Waals surface area contributed by atoms with Crippen LogP contribution in [-0.4, -0.2) is 35.5 Å². The van der Waals surface area contributed by atoms with Crippen molar-refractivity contribution in [1.29, 1.82) is 0 Å². The van der Waals surface area contributed by atoms with E-state index >= 15 is 0 Å². The van der Waals surface area contributed by atoms with E-state index in [1.165, 1.54) is 41.8 Å². The quantitative estimate of drug-likeness (QED) is 0.837. The average molecular weight is 371 g/mol. The van der Waals surface area contributed by atoms with Gasteiger partial charge >= 0.3 is 6.03 Å². The number of urea groups is 1. The zero-order valence-electron chi connectivity index (χ0n) is 15.0. The summed E-state index contributed by atoms with van der Waals surface area (Å²) in [6.07, 6.45) is 7.05. The van der Waals surface area contributed by atoms with Crippen molar-refractivity contribution < 1.29 is 4.79 Å². The number of carbonyl (C=O) groups excluding carboxylic acids is 1. The van der Waals surface area contributed by atoms with E-state index in [2.05, 4.69) is 44.8 Å². The molecular formula is C20H26N4OS. The molecule has 2 aliphatic rings. The van der Waals surface area contributed by atoms with Crippen LogP contribution in [0.3, 0.4) is 0 Å². The van der Waals surface area contributed by atoms with Crippen LogP contribution >= 0.6 is 11.3 Å². The van der Waals surface area contributed by atoms with E-state index in [4.69, 9.17) is 0 Å². The van der Waals surface area contributed by atoms with Gasteiger partial charge in [-0.3, -0.25) is 10.2 Å². The fourth-order valence-electron chi connectivity index (χ4n) is 3.92. The van der Waals surface area contributed by atoms with E-state index < -0.39 is 0 Å². The summed E-state index contributed by atoms with van der Waals surface area (Å²) in [6.45, 7) is 2.81. The van der Waals surface area contributed by atoms with Crippen LogP contribution < -0.4 is 10.6 Å². The number of hydrogen-bond donors (Lipinski definition) is 2. The average Bonchev–Trinajstić information content (AvgIpc) is 3.32. The van der Waals surface area contributed by atoms with Crippen LogP contribution in [0.5, 0.6) is 0 Å². The lowest BCUT2D eigenvalue weighted by Crippen LogP contribution is -2.38. The summed E-state index contributed by atoms with van der Waals surface area (Å²) in [7, 11) is 0. The van der Waals surface area contributed by atoms with Crippen molar-refractivity contribution in [2.24, 2.45) is 0 Å². The molecule has 1 unspecified atom stereocenters. The normalized spacial score (nSPS) is 18.3. The third-order valence-electron chi connectivity index (χ3n) is 5.29. The van der Waals surface area contributed by atoms with Crippen molar-refractivity contribution in [2.75, 3.05) is 25.0 Å². The molecule has 1 aromatic heterocycles. The second-order valence-corrected chi connectivity index (χ2v) is 8.18. The molecule has 4 rings (SSSR count). The minimum Gasteiger partial charge on any atom is -0.336 e. The Balaban J connectivity index is 1.37. The van der Waals surface area contributed by atoms with Gasteiger partial charge in [-0.1, -0.05) is 30.3 Å². The van der Waals surface area contributed by atoms with Crippen molar-refractivity contribution in [3.63, 3.8) is 0 Å². The molecule has 6 heteroatoms. The van der Waals surface area contributed by atoms with Crippen LogP contribution in [0.15, 0.2) is 30.3 Å². The predicted molar refractivity (Wildman–Crippen MR) is 106 cm³/mol. The van der Waals surface area contributed by atoms with Crippen LogP contribution in [0.1, 0.15) is 47.9 Å². The number of rotatable bonds is 5. The summed E-state index contributed by atoms with van der Waals surface area (Å²) in [5.41, 5.74) is 2.44. The maximum absolute atomic E-state index is 12.4. The number of fused-ring (bicyclic) bond motifs is 1. The van der Waals surface area contributed by atoms with Crippen LogP contribution in [0.2, 0.25) is 0 Å². The van der Waals surface area contributed by atoms with E-state index in [1.54, 1.807) is 11.3 Å². The molecule has 1 aliphatic carbocycles. The minimum atomic E-state index is -0.156. The summed E-state index contributed by atoms with van der Waals surface area (Å²) < 4.78 is 0. The van der Waals surface area contributed by atoms with Gasteiger partial charge in [-0.05, 0) is 57.2 Å². The molecule has 1 fully saturated rings. The highest BCUT2D eigenvalue weighted by Gasteiger charge is 2.24. The summed E-state index contributed by atoms with van der Waals surface area (Å²) in [5.74, 6) is 0. The molecule has 1 atom stereocenters. The highest BCUT2D eigenvalue weighted by molar-refractivity contribution is 7.15. The lowest BCUT2D eigenvalue weighted by molar-refractivity contribution is 0.227. The Bertz CT molecular complexity index is 716. The topological polar surface area (TPSA) is 57.3 Å².